The molecule has 27 heavy (non-hydrogen) atoms. The summed E-state index contributed by atoms with van der Waals surface area (Å²) in [7, 11) is 0. The van der Waals surface area contributed by atoms with Gasteiger partial charge in [-0.1, -0.05) is 0 Å². The number of H-pyrrole nitrogens is 1. The van der Waals surface area contributed by atoms with Gasteiger partial charge in [0.25, 0.3) is 0 Å². The maximum atomic E-state index is 14.5. The molecule has 2 aromatic carbocycles. The molecule has 2 N–H and O–H groups in total. The van der Waals surface area contributed by atoms with E-state index < -0.39 is 36.0 Å². The fraction of sp³-hybridized carbons (Fsp3) is 0.167. The van der Waals surface area contributed by atoms with Gasteiger partial charge in [-0.15, -0.1) is 11.8 Å². The lowest BCUT2D eigenvalue weighted by atomic mass is 10.0. The topological polar surface area (TPSA) is 48.9 Å². The van der Waals surface area contributed by atoms with Crippen molar-refractivity contribution in [2.24, 2.45) is 0 Å². The fourth-order valence-corrected chi connectivity index (χ4v) is 3.08. The number of rotatable bonds is 5. The summed E-state index contributed by atoms with van der Waals surface area (Å²) in [6.45, 7) is 0. The third-order valence-corrected chi connectivity index (χ3v) is 4.55. The Morgan fingerprint density at radius 3 is 2.59 bits per heavy atom. The zero-order valence-electron chi connectivity index (χ0n) is 13.9. The van der Waals surface area contributed by atoms with E-state index in [1.165, 1.54) is 12.3 Å². The molecule has 0 saturated carbocycles. The van der Waals surface area contributed by atoms with E-state index in [1.807, 2.05) is 0 Å². The molecule has 142 valence electrons. The first kappa shape index (κ1) is 19.2. The Kier molecular flexibility index (Phi) is 5.41. The van der Waals surface area contributed by atoms with Gasteiger partial charge in [0.2, 0.25) is 12.2 Å². The smallest absolute Gasteiger partial charge is 0.242 e. The lowest BCUT2D eigenvalue weighted by molar-refractivity contribution is 0.148. The molecule has 1 aromatic heterocycles. The maximum absolute atomic E-state index is 14.5. The van der Waals surface area contributed by atoms with Crippen molar-refractivity contribution < 1.29 is 26.7 Å². The van der Waals surface area contributed by atoms with Crippen LogP contribution in [-0.4, -0.2) is 22.7 Å². The van der Waals surface area contributed by atoms with Crippen LogP contribution in [0.5, 0.6) is 11.5 Å². The minimum Gasteiger partial charge on any atom is -0.454 e. The molecule has 0 atom stereocenters. The molecule has 0 fully saturated rings. The third kappa shape index (κ3) is 3.64. The normalized spacial score (nSPS) is 11.4. The number of ether oxygens (including phenoxy) is 1. The second-order valence-electron chi connectivity index (χ2n) is 5.57. The molecular formula is C18H13F5N2OS. The maximum Gasteiger partial charge on any atom is 0.242 e. The minimum absolute atomic E-state index is 0.0726. The van der Waals surface area contributed by atoms with Crippen LogP contribution in [0, 0.1) is 22.9 Å². The first-order valence-electron chi connectivity index (χ1n) is 7.68. The zero-order chi connectivity index (χ0) is 19.7. The molecule has 0 unspecified atom stereocenters. The quantitative estimate of drug-likeness (QED) is 0.320. The van der Waals surface area contributed by atoms with Gasteiger partial charge in [-0.25, -0.2) is 17.6 Å². The molecule has 0 aliphatic heterocycles. The molecule has 0 bridgehead atoms. The van der Waals surface area contributed by atoms with Crippen LogP contribution in [0.1, 0.15) is 11.1 Å². The number of aromatic amines is 1. The first-order valence-corrected chi connectivity index (χ1v) is 8.91. The van der Waals surface area contributed by atoms with Crippen LogP contribution in [0.4, 0.5) is 22.0 Å². The zero-order valence-corrected chi connectivity index (χ0v) is 14.7. The van der Waals surface area contributed by atoms with E-state index >= 15 is 0 Å². The number of halogens is 5. The van der Waals surface area contributed by atoms with E-state index in [4.69, 9.17) is 10.1 Å². The van der Waals surface area contributed by atoms with Gasteiger partial charge in [0.05, 0.1) is 10.6 Å². The predicted octanol–water partition coefficient (Wildman–Crippen LogP) is 5.87. The summed E-state index contributed by atoms with van der Waals surface area (Å²) >= 11 is 0.978. The Morgan fingerprint density at radius 2 is 1.93 bits per heavy atom. The van der Waals surface area contributed by atoms with Gasteiger partial charge in [-0.05, 0) is 30.5 Å². The van der Waals surface area contributed by atoms with E-state index in [-0.39, 0.29) is 32.8 Å². The standard InChI is InChI=1S/C18H13F5N2OS/c1-27-18(24)11-6-8(2-3-12(11)19)26-17-10(7-13(20)21)9-4-5-25-16(9)14(22)15(17)23/h2-6,13,24-25H,7H2,1H3. The molecule has 3 nitrogen and oxygen atoms in total. The average Bonchev–Trinajstić information content (AvgIpc) is 3.12. The van der Waals surface area contributed by atoms with Crippen LogP contribution in [0.15, 0.2) is 30.5 Å². The SMILES string of the molecule is CSC(=N)c1cc(Oc2c(F)c(F)c3[nH]ccc3c2CC(F)F)ccc1F. The van der Waals surface area contributed by atoms with E-state index in [2.05, 4.69) is 4.98 Å². The number of thioether (sulfide) groups is 1. The number of hydrogen-bond acceptors (Lipinski definition) is 3. The van der Waals surface area contributed by atoms with Crippen molar-refractivity contribution in [2.45, 2.75) is 12.8 Å². The number of hydrogen-bond donors (Lipinski definition) is 2. The summed E-state index contributed by atoms with van der Waals surface area (Å²) in [5.74, 6) is -4.17. The van der Waals surface area contributed by atoms with Crippen molar-refractivity contribution in [1.82, 2.24) is 4.98 Å². The molecule has 0 aliphatic carbocycles. The van der Waals surface area contributed by atoms with Crippen molar-refractivity contribution in [2.75, 3.05) is 6.26 Å². The molecule has 3 rings (SSSR count). The largest absolute Gasteiger partial charge is 0.454 e. The highest BCUT2D eigenvalue weighted by molar-refractivity contribution is 8.13. The van der Waals surface area contributed by atoms with Gasteiger partial charge in [0.15, 0.2) is 11.6 Å². The van der Waals surface area contributed by atoms with Gasteiger partial charge < -0.3 is 9.72 Å². The van der Waals surface area contributed by atoms with Crippen LogP contribution < -0.4 is 4.74 Å². The van der Waals surface area contributed by atoms with Crippen LogP contribution in [0.2, 0.25) is 0 Å². The number of benzene rings is 2. The number of aromatic nitrogens is 1. The average molecular weight is 400 g/mol. The molecule has 0 spiro atoms. The van der Waals surface area contributed by atoms with Crippen molar-refractivity contribution >= 4 is 27.7 Å². The summed E-state index contributed by atoms with van der Waals surface area (Å²) in [6.07, 6.45) is -0.786. The molecule has 0 radical (unpaired) electrons. The Bertz CT molecular complexity index is 1020. The third-order valence-electron chi connectivity index (χ3n) is 3.92. The summed E-state index contributed by atoms with van der Waals surface area (Å²) in [4.78, 5) is 2.48. The van der Waals surface area contributed by atoms with Crippen LogP contribution in [0.3, 0.4) is 0 Å². The van der Waals surface area contributed by atoms with Gasteiger partial charge in [-0.3, -0.25) is 5.41 Å². The molecule has 0 saturated heterocycles. The Balaban J connectivity index is 2.14. The van der Waals surface area contributed by atoms with Crippen LogP contribution in [-0.2, 0) is 6.42 Å². The highest BCUT2D eigenvalue weighted by Crippen LogP contribution is 2.38. The summed E-state index contributed by atoms with van der Waals surface area (Å²) in [5, 5.41) is 7.70. The monoisotopic (exact) mass is 400 g/mol. The lowest BCUT2D eigenvalue weighted by Crippen LogP contribution is -2.05. The van der Waals surface area contributed by atoms with Crippen molar-refractivity contribution in [3.8, 4) is 11.5 Å². The second-order valence-corrected chi connectivity index (χ2v) is 6.39. The minimum atomic E-state index is -2.82. The van der Waals surface area contributed by atoms with Crippen molar-refractivity contribution in [3.05, 3.63) is 59.0 Å². The van der Waals surface area contributed by atoms with Gasteiger partial charge in [-0.2, -0.15) is 4.39 Å². The number of fused-ring (bicyclic) bond motifs is 1. The summed E-state index contributed by atoms with van der Waals surface area (Å²) in [5.41, 5.74) is -0.538. The Labute approximate surface area is 155 Å². The van der Waals surface area contributed by atoms with Crippen molar-refractivity contribution in [1.29, 1.82) is 5.41 Å². The highest BCUT2D eigenvalue weighted by atomic mass is 32.2. The molecular weight excluding hydrogens is 387 g/mol. The molecule has 1 heterocycles. The predicted molar refractivity (Wildman–Crippen MR) is 94.7 cm³/mol. The van der Waals surface area contributed by atoms with Gasteiger partial charge in [0.1, 0.15) is 11.6 Å². The summed E-state index contributed by atoms with van der Waals surface area (Å²) < 4.78 is 74.0. The lowest BCUT2D eigenvalue weighted by Gasteiger charge is -2.15. The molecule has 9 heteroatoms. The molecule has 0 amide bonds. The Hall–Kier alpha value is -2.55. The van der Waals surface area contributed by atoms with Crippen molar-refractivity contribution in [3.63, 3.8) is 0 Å². The number of alkyl halides is 2. The van der Waals surface area contributed by atoms with E-state index in [9.17, 15) is 22.0 Å². The van der Waals surface area contributed by atoms with Gasteiger partial charge >= 0.3 is 0 Å². The summed E-state index contributed by atoms with van der Waals surface area (Å²) in [6, 6.07) is 4.64. The van der Waals surface area contributed by atoms with Crippen LogP contribution >= 0.6 is 11.8 Å². The molecule has 3 aromatic rings. The highest BCUT2D eigenvalue weighted by Gasteiger charge is 2.25. The van der Waals surface area contributed by atoms with E-state index in [0.29, 0.717) is 0 Å². The van der Waals surface area contributed by atoms with E-state index in [1.54, 1.807) is 6.26 Å². The fourth-order valence-electron chi connectivity index (χ4n) is 2.70. The van der Waals surface area contributed by atoms with Gasteiger partial charge in [0, 0.05) is 29.1 Å². The number of nitrogens with one attached hydrogen (secondary N) is 2. The second kappa shape index (κ2) is 7.59. The van der Waals surface area contributed by atoms with E-state index in [0.717, 1.165) is 30.0 Å². The first-order chi connectivity index (χ1) is 12.8. The Morgan fingerprint density at radius 1 is 1.19 bits per heavy atom. The molecule has 0 aliphatic rings. The van der Waals surface area contributed by atoms with Crippen LogP contribution in [0.25, 0.3) is 10.9 Å².